The highest BCUT2D eigenvalue weighted by atomic mass is 79.9. The first kappa shape index (κ1) is 29.2. The molecule has 3 aromatic carbocycles. The SMILES string of the molecule is CCOC(=O)C1=C(O)/C(=C/c2cc(Br)c(OCc3ccc(C)cc3)c(OC)c2)SC1=NC(=O)c1ccc(C)cc1. The van der Waals surface area contributed by atoms with Crippen molar-refractivity contribution in [1.82, 2.24) is 0 Å². The number of aliphatic imine (C=N–C) groups is 1. The molecule has 9 heteroatoms. The normalized spacial score (nSPS) is 15.0. The molecule has 1 heterocycles. The van der Waals surface area contributed by atoms with Gasteiger partial charge in [-0.1, -0.05) is 59.3 Å². The molecule has 1 N–H and O–H groups in total. The molecular formula is C31H28BrNO6S. The number of ether oxygens (including phenoxy) is 3. The van der Waals surface area contributed by atoms with Crippen LogP contribution in [0.4, 0.5) is 0 Å². The summed E-state index contributed by atoms with van der Waals surface area (Å²) in [5.41, 5.74) is 4.07. The van der Waals surface area contributed by atoms with Crippen LogP contribution in [0.5, 0.6) is 11.5 Å². The maximum Gasteiger partial charge on any atom is 0.344 e. The van der Waals surface area contributed by atoms with Gasteiger partial charge in [0, 0.05) is 5.56 Å². The zero-order valence-electron chi connectivity index (χ0n) is 22.5. The van der Waals surface area contributed by atoms with Crippen LogP contribution in [-0.4, -0.2) is 35.7 Å². The fraction of sp³-hybridized carbons (Fsp3) is 0.194. The minimum Gasteiger partial charge on any atom is -0.506 e. The van der Waals surface area contributed by atoms with Crippen molar-refractivity contribution < 1.29 is 28.9 Å². The van der Waals surface area contributed by atoms with E-state index in [1.54, 1.807) is 50.4 Å². The average molecular weight is 623 g/mol. The topological polar surface area (TPSA) is 94.4 Å². The van der Waals surface area contributed by atoms with E-state index in [-0.39, 0.29) is 23.0 Å². The van der Waals surface area contributed by atoms with E-state index in [9.17, 15) is 14.7 Å². The number of rotatable bonds is 8. The van der Waals surface area contributed by atoms with Crippen LogP contribution in [0.25, 0.3) is 6.08 Å². The summed E-state index contributed by atoms with van der Waals surface area (Å²) < 4.78 is 17.4. The molecule has 0 unspecified atom stereocenters. The van der Waals surface area contributed by atoms with E-state index in [4.69, 9.17) is 14.2 Å². The summed E-state index contributed by atoms with van der Waals surface area (Å²) in [6, 6.07) is 18.6. The van der Waals surface area contributed by atoms with E-state index < -0.39 is 11.9 Å². The lowest BCUT2D eigenvalue weighted by atomic mass is 10.1. The standard InChI is InChI=1S/C31H28BrNO6S/c1-5-38-31(36)26-27(34)25(40-30(26)33-29(35)22-12-8-19(3)9-13-22)16-21-14-23(32)28(24(15-21)37-4)39-17-20-10-6-18(2)7-11-20/h6-16,34H,5,17H2,1-4H3/b25-16-,33-30?. The van der Waals surface area contributed by atoms with Crippen LogP contribution in [0.1, 0.15) is 39.5 Å². The van der Waals surface area contributed by atoms with Gasteiger partial charge in [-0.2, -0.15) is 0 Å². The van der Waals surface area contributed by atoms with Gasteiger partial charge in [0.05, 0.1) is 23.1 Å². The molecule has 0 saturated heterocycles. The van der Waals surface area contributed by atoms with Crippen LogP contribution >= 0.6 is 27.7 Å². The Balaban J connectivity index is 1.65. The summed E-state index contributed by atoms with van der Waals surface area (Å²) in [6.07, 6.45) is 1.68. The number of benzene rings is 3. The molecule has 0 fully saturated rings. The highest BCUT2D eigenvalue weighted by molar-refractivity contribution is 9.10. The largest absolute Gasteiger partial charge is 0.506 e. The van der Waals surface area contributed by atoms with Gasteiger partial charge >= 0.3 is 5.97 Å². The molecule has 0 bridgehead atoms. The smallest absolute Gasteiger partial charge is 0.344 e. The number of thioether (sulfide) groups is 1. The first-order valence-corrected chi connectivity index (χ1v) is 14.1. The van der Waals surface area contributed by atoms with Crippen LogP contribution in [0.15, 0.2) is 86.4 Å². The zero-order valence-corrected chi connectivity index (χ0v) is 24.9. The van der Waals surface area contributed by atoms with E-state index in [2.05, 4.69) is 20.9 Å². The maximum absolute atomic E-state index is 12.8. The van der Waals surface area contributed by atoms with Crippen LogP contribution in [0.2, 0.25) is 0 Å². The predicted molar refractivity (Wildman–Crippen MR) is 161 cm³/mol. The van der Waals surface area contributed by atoms with E-state index in [1.165, 1.54) is 5.56 Å². The van der Waals surface area contributed by atoms with Crippen molar-refractivity contribution in [3.8, 4) is 11.5 Å². The fourth-order valence-corrected chi connectivity index (χ4v) is 5.39. The number of methoxy groups -OCH3 is 1. The number of amides is 1. The van der Waals surface area contributed by atoms with E-state index in [0.717, 1.165) is 22.9 Å². The van der Waals surface area contributed by atoms with Gasteiger partial charge in [0.1, 0.15) is 23.0 Å². The van der Waals surface area contributed by atoms with Crippen molar-refractivity contribution in [3.05, 3.63) is 109 Å². The number of hydrogen-bond acceptors (Lipinski definition) is 7. The Kier molecular flexibility index (Phi) is 9.50. The Bertz CT molecular complexity index is 1520. The van der Waals surface area contributed by atoms with E-state index in [0.29, 0.717) is 38.6 Å². The fourth-order valence-electron chi connectivity index (χ4n) is 3.80. The minimum atomic E-state index is -0.759. The van der Waals surface area contributed by atoms with Gasteiger partial charge in [-0.05, 0) is 78.2 Å². The third kappa shape index (κ3) is 6.84. The third-order valence-electron chi connectivity index (χ3n) is 5.93. The van der Waals surface area contributed by atoms with Gasteiger partial charge in [0.2, 0.25) is 0 Å². The van der Waals surface area contributed by atoms with Crippen molar-refractivity contribution in [3.63, 3.8) is 0 Å². The zero-order chi connectivity index (χ0) is 28.8. The number of esters is 1. The predicted octanol–water partition coefficient (Wildman–Crippen LogP) is 7.36. The molecule has 0 aliphatic carbocycles. The quantitative estimate of drug-likeness (QED) is 0.263. The molecule has 206 valence electrons. The van der Waals surface area contributed by atoms with Crippen LogP contribution in [0.3, 0.4) is 0 Å². The number of halogens is 1. The second-order valence-electron chi connectivity index (χ2n) is 8.95. The van der Waals surface area contributed by atoms with Gasteiger partial charge in [0.25, 0.3) is 5.91 Å². The summed E-state index contributed by atoms with van der Waals surface area (Å²) in [7, 11) is 1.54. The molecule has 4 rings (SSSR count). The minimum absolute atomic E-state index is 0.0665. The summed E-state index contributed by atoms with van der Waals surface area (Å²) in [5, 5.41) is 11.1. The Labute approximate surface area is 245 Å². The Hall–Kier alpha value is -3.82. The lowest BCUT2D eigenvalue weighted by Gasteiger charge is -2.14. The second-order valence-corrected chi connectivity index (χ2v) is 10.8. The molecule has 40 heavy (non-hydrogen) atoms. The molecule has 3 aromatic rings. The van der Waals surface area contributed by atoms with Gasteiger partial charge in [0.15, 0.2) is 11.5 Å². The summed E-state index contributed by atoms with van der Waals surface area (Å²) >= 11 is 4.57. The highest BCUT2D eigenvalue weighted by Crippen LogP contribution is 2.42. The molecule has 0 saturated carbocycles. The molecule has 7 nitrogen and oxygen atoms in total. The first-order valence-electron chi connectivity index (χ1n) is 12.5. The van der Waals surface area contributed by atoms with Crippen molar-refractivity contribution in [1.29, 1.82) is 0 Å². The van der Waals surface area contributed by atoms with Gasteiger partial charge in [-0.3, -0.25) is 4.79 Å². The summed E-state index contributed by atoms with van der Waals surface area (Å²) in [5.74, 6) is -0.590. The molecule has 0 radical (unpaired) electrons. The van der Waals surface area contributed by atoms with Gasteiger partial charge in [-0.25, -0.2) is 9.79 Å². The van der Waals surface area contributed by atoms with Crippen molar-refractivity contribution in [2.45, 2.75) is 27.4 Å². The van der Waals surface area contributed by atoms with Crippen LogP contribution in [0, 0.1) is 13.8 Å². The molecule has 1 aliphatic rings. The van der Waals surface area contributed by atoms with Crippen LogP contribution in [-0.2, 0) is 16.1 Å². The summed E-state index contributed by atoms with van der Waals surface area (Å²) in [6.45, 7) is 6.06. The molecule has 0 aromatic heterocycles. The second kappa shape index (κ2) is 13.0. The molecule has 1 amide bonds. The molecule has 0 atom stereocenters. The van der Waals surface area contributed by atoms with Gasteiger partial charge < -0.3 is 19.3 Å². The van der Waals surface area contributed by atoms with E-state index in [1.807, 2.05) is 44.2 Å². The van der Waals surface area contributed by atoms with Crippen LogP contribution < -0.4 is 9.47 Å². The average Bonchev–Trinajstić information content (AvgIpc) is 3.23. The number of carbonyl (C=O) groups is 2. The molecule has 0 spiro atoms. The Morgan fingerprint density at radius 1 is 1.02 bits per heavy atom. The monoisotopic (exact) mass is 621 g/mol. The highest BCUT2D eigenvalue weighted by Gasteiger charge is 2.34. The first-order chi connectivity index (χ1) is 19.2. The molecule has 1 aliphatic heterocycles. The Morgan fingerprint density at radius 2 is 1.68 bits per heavy atom. The lowest BCUT2D eigenvalue weighted by Crippen LogP contribution is -2.14. The maximum atomic E-state index is 12.8. The number of carbonyl (C=O) groups excluding carboxylic acids is 2. The summed E-state index contributed by atoms with van der Waals surface area (Å²) in [4.78, 5) is 30.0. The number of aryl methyl sites for hydroxylation is 2. The van der Waals surface area contributed by atoms with Gasteiger partial charge in [-0.15, -0.1) is 0 Å². The van der Waals surface area contributed by atoms with Crippen molar-refractivity contribution >= 4 is 50.7 Å². The number of nitrogens with zero attached hydrogens (tertiary/aromatic N) is 1. The van der Waals surface area contributed by atoms with E-state index >= 15 is 0 Å². The lowest BCUT2D eigenvalue weighted by molar-refractivity contribution is -0.138. The van der Waals surface area contributed by atoms with Crippen molar-refractivity contribution in [2.75, 3.05) is 13.7 Å². The Morgan fingerprint density at radius 3 is 2.30 bits per heavy atom. The third-order valence-corrected chi connectivity index (χ3v) is 7.53. The van der Waals surface area contributed by atoms with Crippen molar-refractivity contribution in [2.24, 2.45) is 4.99 Å². The molecular weight excluding hydrogens is 594 g/mol. The number of hydrogen-bond donors (Lipinski definition) is 1. The number of aliphatic hydroxyl groups is 1. The number of aliphatic hydroxyl groups excluding tert-OH is 1.